The van der Waals surface area contributed by atoms with Gasteiger partial charge in [0.25, 0.3) is 5.91 Å². The fourth-order valence-corrected chi connectivity index (χ4v) is 4.17. The number of benzene rings is 1. The zero-order valence-corrected chi connectivity index (χ0v) is 18.2. The Morgan fingerprint density at radius 3 is 2.87 bits per heavy atom. The third-order valence-corrected chi connectivity index (χ3v) is 6.03. The summed E-state index contributed by atoms with van der Waals surface area (Å²) in [4.78, 5) is 14.5. The standard InChI is InChI=1S/C21H25N5O4S/c1-12-9-15(30-13(12)2)10-22-19-20(25-31-24-19)23-17-7-3-6-16(18(17)28)21(29)26-8-4-5-14(26)11-27/h3,6-7,9,14,27-28H,4-5,8,10-11H2,1-2H3,(H,22,24)(H,23,25)/t14-/m0/s1. The Hall–Kier alpha value is -3.11. The van der Waals surface area contributed by atoms with Crippen LogP contribution in [0.1, 0.15) is 40.3 Å². The molecule has 1 atom stereocenters. The fraction of sp³-hybridized carbons (Fsp3) is 0.381. The highest BCUT2D eigenvalue weighted by molar-refractivity contribution is 6.99. The molecule has 2 aromatic heterocycles. The summed E-state index contributed by atoms with van der Waals surface area (Å²) in [5.41, 5.74) is 1.62. The van der Waals surface area contributed by atoms with E-state index in [1.807, 2.05) is 19.9 Å². The summed E-state index contributed by atoms with van der Waals surface area (Å²) in [6, 6.07) is 6.70. The second kappa shape index (κ2) is 8.94. The van der Waals surface area contributed by atoms with Crippen molar-refractivity contribution in [2.75, 3.05) is 23.8 Å². The van der Waals surface area contributed by atoms with Crippen molar-refractivity contribution >= 4 is 35.0 Å². The highest BCUT2D eigenvalue weighted by atomic mass is 32.1. The lowest BCUT2D eigenvalue weighted by Crippen LogP contribution is -2.37. The number of hydrogen-bond donors (Lipinski definition) is 4. The van der Waals surface area contributed by atoms with Crippen LogP contribution in [0.5, 0.6) is 5.75 Å². The summed E-state index contributed by atoms with van der Waals surface area (Å²) >= 11 is 1.03. The molecular weight excluding hydrogens is 418 g/mol. The van der Waals surface area contributed by atoms with Crippen LogP contribution in [0.15, 0.2) is 28.7 Å². The molecule has 0 saturated carbocycles. The van der Waals surface area contributed by atoms with Crippen LogP contribution in [-0.2, 0) is 6.54 Å². The van der Waals surface area contributed by atoms with E-state index in [-0.39, 0.29) is 29.9 Å². The Balaban J connectivity index is 1.50. The molecule has 0 aliphatic carbocycles. The molecule has 0 spiro atoms. The summed E-state index contributed by atoms with van der Waals surface area (Å²) in [7, 11) is 0. The van der Waals surface area contributed by atoms with Gasteiger partial charge in [0.15, 0.2) is 17.4 Å². The average molecular weight is 444 g/mol. The lowest BCUT2D eigenvalue weighted by atomic mass is 10.1. The number of rotatable bonds is 7. The number of anilines is 3. The molecule has 9 nitrogen and oxygen atoms in total. The predicted octanol–water partition coefficient (Wildman–Crippen LogP) is 3.41. The molecule has 1 aliphatic rings. The number of aromatic nitrogens is 2. The Morgan fingerprint density at radius 1 is 1.32 bits per heavy atom. The molecule has 1 fully saturated rings. The zero-order valence-electron chi connectivity index (χ0n) is 17.4. The van der Waals surface area contributed by atoms with Crippen molar-refractivity contribution in [2.45, 2.75) is 39.3 Å². The Morgan fingerprint density at radius 2 is 2.13 bits per heavy atom. The highest BCUT2D eigenvalue weighted by Gasteiger charge is 2.30. The smallest absolute Gasteiger partial charge is 0.258 e. The molecule has 0 unspecified atom stereocenters. The molecule has 10 heteroatoms. The second-order valence-electron chi connectivity index (χ2n) is 7.57. The van der Waals surface area contributed by atoms with Gasteiger partial charge in [-0.2, -0.15) is 8.75 Å². The minimum absolute atomic E-state index is 0.0846. The van der Waals surface area contributed by atoms with Gasteiger partial charge in [-0.15, -0.1) is 0 Å². The van der Waals surface area contributed by atoms with Gasteiger partial charge in [-0.1, -0.05) is 6.07 Å². The number of likely N-dealkylation sites (tertiary alicyclic amines) is 1. The number of carbonyl (C=O) groups is 1. The third-order valence-electron chi connectivity index (χ3n) is 5.50. The molecule has 1 saturated heterocycles. The number of phenolic OH excluding ortho intramolecular Hbond substituents is 1. The minimum Gasteiger partial charge on any atom is -0.505 e. The Labute approximate surface area is 184 Å². The quantitative estimate of drug-likeness (QED) is 0.410. The maximum atomic E-state index is 12.9. The first kappa shape index (κ1) is 21.1. The van der Waals surface area contributed by atoms with Crippen LogP contribution in [0.2, 0.25) is 0 Å². The number of aliphatic hydroxyl groups excluding tert-OH is 1. The number of carbonyl (C=O) groups excluding carboxylic acids is 1. The van der Waals surface area contributed by atoms with Crippen LogP contribution in [-0.4, -0.2) is 49.0 Å². The van der Waals surface area contributed by atoms with Crippen LogP contribution < -0.4 is 10.6 Å². The van der Waals surface area contributed by atoms with Crippen LogP contribution in [0.25, 0.3) is 0 Å². The van der Waals surface area contributed by atoms with Crippen LogP contribution in [0.4, 0.5) is 17.3 Å². The van der Waals surface area contributed by atoms with Gasteiger partial charge < -0.3 is 30.2 Å². The monoisotopic (exact) mass is 443 g/mol. The summed E-state index contributed by atoms with van der Waals surface area (Å²) in [5.74, 6) is 2.17. The number of nitrogens with zero attached hydrogens (tertiary/aromatic N) is 3. The number of amides is 1. The minimum atomic E-state index is -0.295. The Bertz CT molecular complexity index is 1060. The molecule has 31 heavy (non-hydrogen) atoms. The first-order chi connectivity index (χ1) is 15.0. The second-order valence-corrected chi connectivity index (χ2v) is 8.10. The zero-order chi connectivity index (χ0) is 22.0. The normalized spacial score (nSPS) is 16.0. The maximum absolute atomic E-state index is 12.9. The van der Waals surface area contributed by atoms with Gasteiger partial charge in [0.2, 0.25) is 0 Å². The van der Waals surface area contributed by atoms with E-state index >= 15 is 0 Å². The van der Waals surface area contributed by atoms with Crippen LogP contribution in [0.3, 0.4) is 0 Å². The molecule has 3 heterocycles. The summed E-state index contributed by atoms with van der Waals surface area (Å²) in [6.07, 6.45) is 1.60. The first-order valence-electron chi connectivity index (χ1n) is 10.1. The van der Waals surface area contributed by atoms with Crippen LogP contribution >= 0.6 is 11.7 Å². The van der Waals surface area contributed by atoms with Crippen molar-refractivity contribution in [3.8, 4) is 5.75 Å². The molecule has 4 N–H and O–H groups in total. The highest BCUT2D eigenvalue weighted by Crippen LogP contribution is 2.34. The summed E-state index contributed by atoms with van der Waals surface area (Å²) < 4.78 is 14.2. The van der Waals surface area contributed by atoms with Crippen molar-refractivity contribution < 1.29 is 19.4 Å². The van der Waals surface area contributed by atoms with Crippen LogP contribution in [0, 0.1) is 13.8 Å². The molecular formula is C21H25N5O4S. The van der Waals surface area contributed by atoms with Gasteiger partial charge >= 0.3 is 0 Å². The van der Waals surface area contributed by atoms with E-state index < -0.39 is 0 Å². The summed E-state index contributed by atoms with van der Waals surface area (Å²) in [6.45, 7) is 4.83. The molecule has 1 aliphatic heterocycles. The van der Waals surface area contributed by atoms with Gasteiger partial charge in [-0.25, -0.2) is 0 Å². The van der Waals surface area contributed by atoms with Gasteiger partial charge in [0, 0.05) is 6.54 Å². The molecule has 1 amide bonds. The summed E-state index contributed by atoms with van der Waals surface area (Å²) in [5, 5.41) is 26.5. The lowest BCUT2D eigenvalue weighted by molar-refractivity contribution is 0.0674. The van der Waals surface area contributed by atoms with E-state index in [0.717, 1.165) is 41.7 Å². The molecule has 4 rings (SSSR count). The van der Waals surface area contributed by atoms with Crippen molar-refractivity contribution in [1.29, 1.82) is 0 Å². The average Bonchev–Trinajstić information content (AvgIpc) is 3.48. The number of furan rings is 1. The predicted molar refractivity (Wildman–Crippen MR) is 118 cm³/mol. The van der Waals surface area contributed by atoms with Crippen molar-refractivity contribution in [1.82, 2.24) is 13.6 Å². The molecule has 0 radical (unpaired) electrons. The number of aromatic hydroxyl groups is 1. The Kier molecular flexibility index (Phi) is 6.10. The third kappa shape index (κ3) is 4.35. The number of nitrogens with one attached hydrogen (secondary N) is 2. The maximum Gasteiger partial charge on any atom is 0.258 e. The van der Waals surface area contributed by atoms with E-state index in [9.17, 15) is 15.0 Å². The number of hydrogen-bond acceptors (Lipinski definition) is 9. The number of aryl methyl sites for hydroxylation is 2. The van der Waals surface area contributed by atoms with E-state index in [4.69, 9.17) is 4.42 Å². The lowest BCUT2D eigenvalue weighted by Gasteiger charge is -2.23. The topological polar surface area (TPSA) is 124 Å². The molecule has 3 aromatic rings. The van der Waals surface area contributed by atoms with E-state index in [1.165, 1.54) is 0 Å². The van der Waals surface area contributed by atoms with Gasteiger partial charge in [-0.3, -0.25) is 4.79 Å². The van der Waals surface area contributed by atoms with Gasteiger partial charge in [0.1, 0.15) is 11.5 Å². The van der Waals surface area contributed by atoms with E-state index in [2.05, 4.69) is 19.4 Å². The number of phenols is 1. The van der Waals surface area contributed by atoms with Crippen molar-refractivity contribution in [3.05, 3.63) is 46.9 Å². The molecule has 0 bridgehead atoms. The van der Waals surface area contributed by atoms with Gasteiger partial charge in [-0.05, 0) is 50.5 Å². The van der Waals surface area contributed by atoms with E-state index in [0.29, 0.717) is 30.4 Å². The first-order valence-corrected chi connectivity index (χ1v) is 10.8. The van der Waals surface area contributed by atoms with Gasteiger partial charge in [0.05, 0.1) is 42.2 Å². The van der Waals surface area contributed by atoms with E-state index in [1.54, 1.807) is 23.1 Å². The number of aliphatic hydroxyl groups is 1. The fourth-order valence-electron chi connectivity index (χ4n) is 3.69. The van der Waals surface area contributed by atoms with Crippen molar-refractivity contribution in [2.24, 2.45) is 0 Å². The molecule has 164 valence electrons. The number of para-hydroxylation sites is 1. The largest absolute Gasteiger partial charge is 0.505 e. The molecule has 1 aromatic carbocycles. The van der Waals surface area contributed by atoms with Crippen molar-refractivity contribution in [3.63, 3.8) is 0 Å². The SMILES string of the molecule is Cc1cc(CNc2nsnc2Nc2cccc(C(=O)N3CCC[C@H]3CO)c2O)oc1C.